The number of carboxylic acids is 1. The molecule has 11 nitrogen and oxygen atoms in total. The van der Waals surface area contributed by atoms with E-state index in [-0.39, 0.29) is 46.9 Å². The number of rotatable bonds is 6. The maximum absolute atomic E-state index is 14.8. The Labute approximate surface area is 234 Å². The molecule has 0 radical (unpaired) electrons. The lowest BCUT2D eigenvalue weighted by Gasteiger charge is -2.33. The van der Waals surface area contributed by atoms with Crippen molar-refractivity contribution in [2.75, 3.05) is 43.1 Å². The lowest BCUT2D eigenvalue weighted by Crippen LogP contribution is -2.50. The number of morpholine rings is 1. The van der Waals surface area contributed by atoms with Crippen LogP contribution in [0.1, 0.15) is 46.7 Å². The summed E-state index contributed by atoms with van der Waals surface area (Å²) in [5, 5.41) is 22.8. The number of halogens is 2. The molecule has 2 N–H and O–H groups in total. The van der Waals surface area contributed by atoms with E-state index < -0.39 is 24.2 Å². The quantitative estimate of drug-likeness (QED) is 0.424. The van der Waals surface area contributed by atoms with Crippen LogP contribution in [0.25, 0.3) is 11.0 Å². The van der Waals surface area contributed by atoms with E-state index in [9.17, 15) is 24.3 Å². The second-order valence-corrected chi connectivity index (χ2v) is 10.3. The molecule has 0 bridgehead atoms. The van der Waals surface area contributed by atoms with Gasteiger partial charge in [-0.2, -0.15) is 5.26 Å². The third kappa shape index (κ3) is 5.35. The molecule has 4 heterocycles. The Kier molecular flexibility index (Phi) is 7.69. The monoisotopic (exact) mass is 567 g/mol. The number of ether oxygens (including phenoxy) is 1. The molecule has 40 heavy (non-hydrogen) atoms. The Balaban J connectivity index is 1.56. The summed E-state index contributed by atoms with van der Waals surface area (Å²) >= 11 is 5.90. The molecule has 2 aliphatic rings. The first kappa shape index (κ1) is 27.5. The molecule has 2 saturated heterocycles. The topological polar surface area (TPSA) is 145 Å². The van der Waals surface area contributed by atoms with Gasteiger partial charge in [0, 0.05) is 25.1 Å². The third-order valence-corrected chi connectivity index (χ3v) is 7.27. The van der Waals surface area contributed by atoms with Crippen LogP contribution in [0.4, 0.5) is 15.9 Å². The van der Waals surface area contributed by atoms with Gasteiger partial charge in [0.15, 0.2) is 17.2 Å². The molecule has 13 heteroatoms. The standard InChI is InChI=1S/C27H27ClFN7O4/c1-14-9-17(15(2)31-18-3-4-22(28)33-24(18)27(38)39)23-19(10-14)32-20(12-30)25(34-23)36-13-16(29)11-21(36)26(37)35-5-7-40-8-6-35/h3-4,9-10,15-16,21,31H,5-8,11,13H2,1-2H3,(H,38,39)/t15-,16?,21?/m1/s1. The Hall–Kier alpha value is -4.08. The van der Waals surface area contributed by atoms with Crippen LogP contribution < -0.4 is 10.2 Å². The minimum absolute atomic E-state index is 0.00592. The maximum atomic E-state index is 14.8. The second kappa shape index (κ2) is 11.2. The third-order valence-electron chi connectivity index (χ3n) is 7.06. The van der Waals surface area contributed by atoms with E-state index in [2.05, 4.69) is 21.4 Å². The minimum atomic E-state index is -1.27. The van der Waals surface area contributed by atoms with Crippen LogP contribution in [0.15, 0.2) is 24.3 Å². The van der Waals surface area contributed by atoms with Gasteiger partial charge in [-0.05, 0) is 37.6 Å². The number of alkyl halides is 1. The van der Waals surface area contributed by atoms with Gasteiger partial charge in [-0.15, -0.1) is 0 Å². The van der Waals surface area contributed by atoms with Crippen molar-refractivity contribution >= 4 is 46.0 Å². The van der Waals surface area contributed by atoms with Crippen LogP contribution in [0.5, 0.6) is 0 Å². The number of carbonyl (C=O) groups excluding carboxylic acids is 1. The maximum Gasteiger partial charge on any atom is 0.356 e. The fourth-order valence-corrected chi connectivity index (χ4v) is 5.35. The molecule has 2 fully saturated rings. The molecule has 3 atom stereocenters. The number of carboxylic acid groups (broad SMARTS) is 1. The van der Waals surface area contributed by atoms with Crippen LogP contribution in [0.2, 0.25) is 5.15 Å². The highest BCUT2D eigenvalue weighted by molar-refractivity contribution is 6.29. The van der Waals surface area contributed by atoms with Gasteiger partial charge in [-0.3, -0.25) is 4.79 Å². The largest absolute Gasteiger partial charge is 0.476 e. The van der Waals surface area contributed by atoms with Crippen molar-refractivity contribution in [1.82, 2.24) is 19.9 Å². The van der Waals surface area contributed by atoms with Crippen molar-refractivity contribution in [3.05, 3.63) is 51.9 Å². The summed E-state index contributed by atoms with van der Waals surface area (Å²) in [5.74, 6) is -1.33. The SMILES string of the molecule is Cc1cc([C@@H](C)Nc2ccc(Cl)nc2C(=O)O)c2nc(N3CC(F)CC3C(=O)N3CCOCC3)c(C#N)nc2c1. The van der Waals surface area contributed by atoms with Crippen LogP contribution in [-0.2, 0) is 9.53 Å². The normalized spacial score (nSPS) is 19.9. The molecule has 1 amide bonds. The molecule has 208 valence electrons. The summed E-state index contributed by atoms with van der Waals surface area (Å²) in [6.07, 6.45) is -1.29. The van der Waals surface area contributed by atoms with Gasteiger partial charge in [0.25, 0.3) is 0 Å². The molecule has 1 aromatic carbocycles. The van der Waals surface area contributed by atoms with Crippen molar-refractivity contribution < 1.29 is 23.8 Å². The zero-order valence-electron chi connectivity index (χ0n) is 21.9. The van der Waals surface area contributed by atoms with E-state index in [1.807, 2.05) is 19.9 Å². The highest BCUT2D eigenvalue weighted by Crippen LogP contribution is 2.34. The highest BCUT2D eigenvalue weighted by atomic mass is 35.5. The summed E-state index contributed by atoms with van der Waals surface area (Å²) in [4.78, 5) is 41.6. The number of aromatic nitrogens is 3. The minimum Gasteiger partial charge on any atom is -0.476 e. The summed E-state index contributed by atoms with van der Waals surface area (Å²) in [7, 11) is 0. The first-order valence-electron chi connectivity index (χ1n) is 12.8. The molecule has 0 aliphatic carbocycles. The number of anilines is 2. The summed E-state index contributed by atoms with van der Waals surface area (Å²) in [6.45, 7) is 5.26. The molecular weight excluding hydrogens is 541 g/mol. The molecule has 3 aromatic rings. The smallest absolute Gasteiger partial charge is 0.356 e. The van der Waals surface area contributed by atoms with E-state index in [1.54, 1.807) is 15.9 Å². The molecule has 0 saturated carbocycles. The Morgan fingerprint density at radius 2 is 2.00 bits per heavy atom. The predicted octanol–water partition coefficient (Wildman–Crippen LogP) is 3.51. The predicted molar refractivity (Wildman–Crippen MR) is 145 cm³/mol. The van der Waals surface area contributed by atoms with Crippen molar-refractivity contribution in [2.45, 2.75) is 38.5 Å². The average molecular weight is 568 g/mol. The van der Waals surface area contributed by atoms with Gasteiger partial charge in [-0.1, -0.05) is 17.7 Å². The van der Waals surface area contributed by atoms with Crippen LogP contribution in [0, 0.1) is 18.3 Å². The number of carbonyl (C=O) groups is 2. The number of hydrogen-bond donors (Lipinski definition) is 2. The number of fused-ring (bicyclic) bond motifs is 1. The number of benzene rings is 1. The van der Waals surface area contributed by atoms with E-state index in [1.165, 1.54) is 12.1 Å². The summed E-state index contributed by atoms with van der Waals surface area (Å²) < 4.78 is 20.1. The fraction of sp³-hybridized carbons (Fsp3) is 0.407. The van der Waals surface area contributed by atoms with Crippen LogP contribution in [-0.4, -0.2) is 81.9 Å². The molecule has 5 rings (SSSR count). The molecular formula is C27H27ClFN7O4. The second-order valence-electron chi connectivity index (χ2n) is 9.87. The van der Waals surface area contributed by atoms with Gasteiger partial charge < -0.3 is 25.0 Å². The number of nitrogens with zero attached hydrogens (tertiary/aromatic N) is 6. The zero-order chi connectivity index (χ0) is 28.6. The Morgan fingerprint density at radius 3 is 2.70 bits per heavy atom. The van der Waals surface area contributed by atoms with Gasteiger partial charge >= 0.3 is 5.97 Å². The Morgan fingerprint density at radius 1 is 1.25 bits per heavy atom. The van der Waals surface area contributed by atoms with E-state index in [0.717, 1.165) is 5.56 Å². The number of aromatic carboxylic acids is 1. The number of nitriles is 1. The van der Waals surface area contributed by atoms with Gasteiger partial charge in [0.1, 0.15) is 23.4 Å². The van der Waals surface area contributed by atoms with E-state index >= 15 is 0 Å². The van der Waals surface area contributed by atoms with Crippen molar-refractivity contribution in [1.29, 1.82) is 5.26 Å². The van der Waals surface area contributed by atoms with Crippen molar-refractivity contribution in [2.24, 2.45) is 0 Å². The van der Waals surface area contributed by atoms with Gasteiger partial charge in [-0.25, -0.2) is 24.1 Å². The van der Waals surface area contributed by atoms with E-state index in [0.29, 0.717) is 42.9 Å². The first-order chi connectivity index (χ1) is 19.2. The number of aryl methyl sites for hydroxylation is 1. The summed E-state index contributed by atoms with van der Waals surface area (Å²) in [5.41, 5.74) is 2.43. The molecule has 2 aromatic heterocycles. The van der Waals surface area contributed by atoms with Gasteiger partial charge in [0.2, 0.25) is 5.91 Å². The Bertz CT molecular complexity index is 1520. The van der Waals surface area contributed by atoms with Gasteiger partial charge in [0.05, 0.1) is 42.5 Å². The lowest BCUT2D eigenvalue weighted by molar-refractivity contribution is -0.136. The molecule has 0 spiro atoms. The molecule has 2 aliphatic heterocycles. The van der Waals surface area contributed by atoms with Crippen LogP contribution in [0.3, 0.4) is 0 Å². The number of pyridine rings is 1. The van der Waals surface area contributed by atoms with Crippen molar-refractivity contribution in [3.63, 3.8) is 0 Å². The average Bonchev–Trinajstić information content (AvgIpc) is 3.33. The lowest BCUT2D eigenvalue weighted by atomic mass is 10.0. The number of amides is 1. The van der Waals surface area contributed by atoms with Crippen molar-refractivity contribution in [3.8, 4) is 6.07 Å². The first-order valence-corrected chi connectivity index (χ1v) is 13.2. The van der Waals surface area contributed by atoms with Crippen LogP contribution >= 0.6 is 11.6 Å². The van der Waals surface area contributed by atoms with E-state index in [4.69, 9.17) is 21.3 Å². The highest BCUT2D eigenvalue weighted by Gasteiger charge is 2.41. The number of nitrogens with one attached hydrogen (secondary N) is 1. The fourth-order valence-electron chi connectivity index (χ4n) is 5.20. The zero-order valence-corrected chi connectivity index (χ0v) is 22.7. The molecule has 2 unspecified atom stereocenters. The number of hydrogen-bond acceptors (Lipinski definition) is 9. The summed E-state index contributed by atoms with van der Waals surface area (Å²) in [6, 6.07) is 7.46.